The Bertz CT molecular complexity index is 3030. The Morgan fingerprint density at radius 3 is 1.62 bits per heavy atom. The topological polar surface area (TPSA) is 541 Å². The summed E-state index contributed by atoms with van der Waals surface area (Å²) in [6.45, 7) is 11.4. The van der Waals surface area contributed by atoms with E-state index >= 15 is 4.79 Å². The molecule has 17 N–H and O–H groups in total. The number of carboxylic acids is 1. The molecule has 35 nitrogen and oxygen atoms in total. The van der Waals surface area contributed by atoms with E-state index in [4.69, 9.17) is 66.3 Å². The van der Waals surface area contributed by atoms with Crippen molar-refractivity contribution in [3.05, 3.63) is 11.6 Å². The second-order valence-electron chi connectivity index (χ2n) is 32.0. The standard InChI is InChI=1S/C68H106O35/c1-25-49(99-56-48(86)51(100-55-44(82)38(76)32(75)22-90-55)35(23-91-56)98-58-45(83)41(79)39(77)33(20-69)96-58)43(81)47(85)57(92-25)101-53-52(95-28(4)73)50(94-27(3)72)26(2)93-60(53)103-62(89)67-15-14-63(5,6)18-30(67)29-10-11-36-64(7)19-31(74)54(102-59-46(84)42(80)40(78)34(21-70)97-59)66(9,61(87)88)37(64)12-13-65(36,8)68(29,24-71)17-16-67/h10,25-26,30-60,69-71,74-86H,11-24H2,1-9H3,(H,87,88)/t25-,26+,30?,31-,32+,33+,34+,35+,36?,37?,38-,39-,40+,41-,42-,43-,44+,45+,46+,47+,48+,49-,50-,51-,52-,53+,54-,55-,56-,57-,58-,59-,60-,64+,65+,66-,67-,68-/m0/s1. The number of aliphatic hydroxyl groups is 16. The first-order chi connectivity index (χ1) is 48.3. The van der Waals surface area contributed by atoms with Gasteiger partial charge in [0.05, 0.1) is 62.2 Å². The first kappa shape index (κ1) is 80.6. The number of aliphatic carboxylic acids is 1. The lowest BCUT2D eigenvalue weighted by atomic mass is 9.33. The van der Waals surface area contributed by atoms with Crippen molar-refractivity contribution in [2.24, 2.45) is 50.2 Å². The van der Waals surface area contributed by atoms with Crippen LogP contribution in [0.1, 0.15) is 120 Å². The van der Waals surface area contributed by atoms with Gasteiger partial charge in [0.15, 0.2) is 49.8 Å². The fourth-order valence-corrected chi connectivity index (χ4v) is 19.7. The van der Waals surface area contributed by atoms with Gasteiger partial charge in [0.1, 0.15) is 110 Å². The number of ether oxygens (including phenoxy) is 14. The van der Waals surface area contributed by atoms with Gasteiger partial charge in [-0.1, -0.05) is 39.3 Å². The van der Waals surface area contributed by atoms with Gasteiger partial charge in [0.2, 0.25) is 6.29 Å². The number of esters is 3. The van der Waals surface area contributed by atoms with Crippen LogP contribution in [0.4, 0.5) is 0 Å². The summed E-state index contributed by atoms with van der Waals surface area (Å²) in [4.78, 5) is 55.9. The fraction of sp³-hybridized carbons (Fsp3) is 0.912. The van der Waals surface area contributed by atoms with Gasteiger partial charge >= 0.3 is 23.9 Å². The van der Waals surface area contributed by atoms with Crippen molar-refractivity contribution in [1.29, 1.82) is 0 Å². The minimum atomic E-state index is -2.15. The molecule has 0 aromatic carbocycles. The van der Waals surface area contributed by atoms with Gasteiger partial charge in [0.25, 0.3) is 0 Å². The van der Waals surface area contributed by atoms with E-state index in [1.54, 1.807) is 0 Å². The molecule has 0 radical (unpaired) electrons. The number of hydrogen-bond acceptors (Lipinski definition) is 34. The van der Waals surface area contributed by atoms with E-state index in [-0.39, 0.29) is 38.7 Å². The first-order valence-corrected chi connectivity index (χ1v) is 35.6. The predicted molar refractivity (Wildman–Crippen MR) is 337 cm³/mol. The average molecular weight is 1480 g/mol. The molecule has 0 aromatic heterocycles. The molecule has 35 heteroatoms. The number of allylic oxidation sites excluding steroid dienone is 1. The van der Waals surface area contributed by atoms with Gasteiger partial charge < -0.3 is 153 Å². The van der Waals surface area contributed by atoms with E-state index in [0.29, 0.717) is 25.7 Å². The number of fused-ring (bicyclic) bond motifs is 7. The lowest BCUT2D eigenvalue weighted by molar-refractivity contribution is -0.388. The average Bonchev–Trinajstić information content (AvgIpc) is 0.668. The molecule has 11 aliphatic rings. The van der Waals surface area contributed by atoms with Gasteiger partial charge in [0, 0.05) is 19.3 Å². The molecular formula is C68H106O35. The van der Waals surface area contributed by atoms with Crippen LogP contribution >= 0.6 is 0 Å². The van der Waals surface area contributed by atoms with Crippen LogP contribution in [0.25, 0.3) is 0 Å². The smallest absolute Gasteiger partial charge is 0.315 e. The van der Waals surface area contributed by atoms with Gasteiger partial charge in [-0.15, -0.1) is 0 Å². The van der Waals surface area contributed by atoms with Crippen molar-refractivity contribution in [3.63, 3.8) is 0 Å². The minimum Gasteiger partial charge on any atom is -0.481 e. The van der Waals surface area contributed by atoms with E-state index in [1.807, 2.05) is 13.0 Å². The third-order valence-corrected chi connectivity index (χ3v) is 25.4. The number of carbonyl (C=O) groups is 4. The SMILES string of the molecule is CC(=O)O[C@H]1[C@@H](OC(C)=O)[C@@H](C)O[C@@H](OC(=O)[C@]23CCC(C)(C)CC2C2=CCC4[C@@]5(C)C[C@H](O)[C@H](O[C@@H]6O[C@H](CO)[C@@H](O)[C@H](O)[C@H]6O)[C@@](C)(C(=O)O)C5CC[C@@]4(C)[C@]2(CO)CC3)[C@@H]1O[C@@H]1O[C@@H](C)[C@H](O[C@@H]2OC[C@@H](O[C@@H]3O[C@H](CO)[C@H](O)[C@H](O)[C@H]3O)[C@H](O[C@@H]3OC[C@@H](O)[C@H](O)[C@H]3O)[C@H]2O)[C@@H](O)[C@H]1O. The van der Waals surface area contributed by atoms with Crippen molar-refractivity contribution in [1.82, 2.24) is 0 Å². The lowest BCUT2D eigenvalue weighted by Crippen LogP contribution is -2.71. The highest BCUT2D eigenvalue weighted by Gasteiger charge is 2.74. The summed E-state index contributed by atoms with van der Waals surface area (Å²) in [5.41, 5.74) is -5.65. The van der Waals surface area contributed by atoms with Crippen molar-refractivity contribution in [3.8, 4) is 0 Å². The number of carbonyl (C=O) groups excluding carboxylic acids is 3. The van der Waals surface area contributed by atoms with E-state index in [2.05, 4.69) is 20.8 Å². The highest BCUT2D eigenvalue weighted by molar-refractivity contribution is 5.79. The molecule has 0 spiro atoms. The molecule has 3 unspecified atom stereocenters. The lowest BCUT2D eigenvalue weighted by Gasteiger charge is -2.71. The molecule has 0 amide bonds. The normalized spacial score (nSPS) is 52.0. The van der Waals surface area contributed by atoms with E-state index in [1.165, 1.54) is 20.8 Å². The third-order valence-electron chi connectivity index (χ3n) is 25.4. The molecule has 6 aliphatic heterocycles. The molecule has 0 aromatic rings. The maximum atomic E-state index is 16.0. The van der Waals surface area contributed by atoms with Crippen LogP contribution in [0.15, 0.2) is 11.6 Å². The van der Waals surface area contributed by atoms with E-state index in [0.717, 1.165) is 19.4 Å². The summed E-state index contributed by atoms with van der Waals surface area (Å²) < 4.78 is 84.0. The van der Waals surface area contributed by atoms with Crippen LogP contribution in [-0.2, 0) is 85.5 Å². The molecule has 588 valence electrons. The number of aliphatic hydroxyl groups excluding tert-OH is 16. The largest absolute Gasteiger partial charge is 0.481 e. The zero-order valence-corrected chi connectivity index (χ0v) is 59.0. The zero-order chi connectivity index (χ0) is 75.4. The van der Waals surface area contributed by atoms with Crippen LogP contribution in [0, 0.1) is 50.2 Å². The van der Waals surface area contributed by atoms with Gasteiger partial charge in [-0.25, -0.2) is 0 Å². The van der Waals surface area contributed by atoms with Crippen LogP contribution in [-0.4, -0.2) is 328 Å². The summed E-state index contributed by atoms with van der Waals surface area (Å²) >= 11 is 0. The third kappa shape index (κ3) is 14.1. The molecule has 103 heavy (non-hydrogen) atoms. The van der Waals surface area contributed by atoms with Crippen molar-refractivity contribution in [2.45, 2.75) is 304 Å². The highest BCUT2D eigenvalue weighted by atomic mass is 16.8. The summed E-state index contributed by atoms with van der Waals surface area (Å²) in [6.07, 6.45) is -47.6. The Morgan fingerprint density at radius 1 is 0.495 bits per heavy atom. The number of hydrogen-bond donors (Lipinski definition) is 17. The molecule has 5 aliphatic carbocycles. The minimum absolute atomic E-state index is 0.00947. The van der Waals surface area contributed by atoms with Crippen LogP contribution < -0.4 is 0 Å². The van der Waals surface area contributed by atoms with E-state index < -0.39 is 285 Å². The Labute approximate surface area is 593 Å². The number of carboxylic acid groups (broad SMARTS) is 1. The quantitative estimate of drug-likeness (QED) is 0.0265. The molecule has 11 rings (SSSR count). The Hall–Kier alpha value is -3.46. The molecule has 0 bridgehead atoms. The molecule has 38 atom stereocenters. The summed E-state index contributed by atoms with van der Waals surface area (Å²) in [5.74, 6) is -5.60. The predicted octanol–water partition coefficient (Wildman–Crippen LogP) is -4.90. The molecule has 10 fully saturated rings. The maximum Gasteiger partial charge on any atom is 0.315 e. The number of rotatable bonds is 18. The molecule has 6 saturated heterocycles. The van der Waals surface area contributed by atoms with Crippen molar-refractivity contribution in [2.75, 3.05) is 33.0 Å². The summed E-state index contributed by atoms with van der Waals surface area (Å²) in [5, 5.41) is 187. The molecule has 4 saturated carbocycles. The van der Waals surface area contributed by atoms with Gasteiger partial charge in [-0.2, -0.15) is 0 Å². The van der Waals surface area contributed by atoms with E-state index in [9.17, 15) is 101 Å². The second kappa shape index (κ2) is 30.4. The Balaban J connectivity index is 0.850. The molecular weight excluding hydrogens is 1380 g/mol. The Kier molecular flexibility index (Phi) is 23.8. The fourth-order valence-electron chi connectivity index (χ4n) is 19.7. The first-order valence-electron chi connectivity index (χ1n) is 35.6. The highest BCUT2D eigenvalue weighted by Crippen LogP contribution is 2.76. The molecule has 6 heterocycles. The Morgan fingerprint density at radius 2 is 1.02 bits per heavy atom. The summed E-state index contributed by atoms with van der Waals surface area (Å²) in [7, 11) is 0. The second-order valence-corrected chi connectivity index (χ2v) is 32.0. The van der Waals surface area contributed by atoms with Crippen molar-refractivity contribution < 1.29 is 172 Å². The van der Waals surface area contributed by atoms with Crippen LogP contribution in [0.2, 0.25) is 0 Å². The van der Waals surface area contributed by atoms with Crippen LogP contribution in [0.5, 0.6) is 0 Å². The van der Waals surface area contributed by atoms with Gasteiger partial charge in [-0.3, -0.25) is 19.2 Å². The van der Waals surface area contributed by atoms with Gasteiger partial charge in [-0.05, 0) is 113 Å². The monoisotopic (exact) mass is 1480 g/mol. The maximum absolute atomic E-state index is 16.0. The van der Waals surface area contributed by atoms with Crippen LogP contribution in [0.3, 0.4) is 0 Å². The van der Waals surface area contributed by atoms with Crippen molar-refractivity contribution >= 4 is 23.9 Å². The zero-order valence-electron chi connectivity index (χ0n) is 59.0. The summed E-state index contributed by atoms with van der Waals surface area (Å²) in [6, 6.07) is 0.